The Labute approximate surface area is 70.1 Å². The lowest BCUT2D eigenvalue weighted by Gasteiger charge is -2.20. The van der Waals surface area contributed by atoms with Crippen molar-refractivity contribution >= 4 is 17.1 Å². The van der Waals surface area contributed by atoms with Crippen LogP contribution >= 0.6 is 12.2 Å². The van der Waals surface area contributed by atoms with Crippen LogP contribution in [0, 0.1) is 0 Å². The Morgan fingerprint density at radius 3 is 2.09 bits per heavy atom. The molecule has 3 atom stereocenters. The molecule has 0 saturated carbocycles. The average Bonchev–Trinajstić information content (AvgIpc) is 2.00. The third-order valence-corrected chi connectivity index (χ3v) is 1.56. The first-order valence-electron chi connectivity index (χ1n) is 3.16. The second kappa shape index (κ2) is 4.74. The molecule has 0 amide bonds. The van der Waals surface area contributed by atoms with Gasteiger partial charge in [-0.3, -0.25) is 0 Å². The first-order valence-corrected chi connectivity index (χ1v) is 3.57. The molecule has 0 aliphatic rings. The third kappa shape index (κ3) is 3.22. The SMILES string of the molecule is CC(=S)[C@H](O)[C@H](O)[C@H](O)CO. The molecule has 0 radical (unpaired) electrons. The van der Waals surface area contributed by atoms with Crippen LogP contribution in [0.15, 0.2) is 0 Å². The Bertz CT molecular complexity index is 139. The quantitative estimate of drug-likeness (QED) is 0.394. The summed E-state index contributed by atoms with van der Waals surface area (Å²) in [4.78, 5) is 0.185. The number of hydrogen-bond donors (Lipinski definition) is 4. The van der Waals surface area contributed by atoms with Crippen molar-refractivity contribution < 1.29 is 20.4 Å². The molecule has 0 aliphatic carbocycles. The van der Waals surface area contributed by atoms with Crippen LogP contribution in [0.2, 0.25) is 0 Å². The van der Waals surface area contributed by atoms with E-state index >= 15 is 0 Å². The molecule has 66 valence electrons. The highest BCUT2D eigenvalue weighted by molar-refractivity contribution is 7.80. The molecule has 0 fully saturated rings. The fourth-order valence-electron chi connectivity index (χ4n) is 0.559. The maximum atomic E-state index is 9.03. The van der Waals surface area contributed by atoms with Crippen LogP contribution in [0.25, 0.3) is 0 Å². The molecule has 0 saturated heterocycles. The van der Waals surface area contributed by atoms with Gasteiger partial charge in [0.2, 0.25) is 0 Å². The van der Waals surface area contributed by atoms with E-state index in [4.69, 9.17) is 20.4 Å². The van der Waals surface area contributed by atoms with Crippen molar-refractivity contribution in [3.05, 3.63) is 0 Å². The zero-order valence-electron chi connectivity index (χ0n) is 6.14. The fourth-order valence-corrected chi connectivity index (χ4v) is 0.698. The van der Waals surface area contributed by atoms with Gasteiger partial charge in [0.15, 0.2) is 0 Å². The largest absolute Gasteiger partial charge is 0.394 e. The molecule has 5 heteroatoms. The number of thiocarbonyl (C=S) groups is 1. The molecule has 0 aromatic rings. The summed E-state index contributed by atoms with van der Waals surface area (Å²) in [5.74, 6) is 0. The van der Waals surface area contributed by atoms with E-state index in [0.717, 1.165) is 0 Å². The standard InChI is InChI=1S/C6H12O4S/c1-3(11)5(9)6(10)4(8)2-7/h4-10H,2H2,1H3/t4-,5+,6-/m1/s1. The van der Waals surface area contributed by atoms with Crippen molar-refractivity contribution in [2.75, 3.05) is 6.61 Å². The van der Waals surface area contributed by atoms with Gasteiger partial charge in [0.25, 0.3) is 0 Å². The molecule has 4 N–H and O–H groups in total. The van der Waals surface area contributed by atoms with E-state index in [2.05, 4.69) is 12.2 Å². The molecular formula is C6H12O4S. The van der Waals surface area contributed by atoms with E-state index in [1.54, 1.807) is 0 Å². The minimum Gasteiger partial charge on any atom is -0.394 e. The zero-order chi connectivity index (χ0) is 9.02. The van der Waals surface area contributed by atoms with Crippen LogP contribution in [0.5, 0.6) is 0 Å². The molecule has 0 aromatic carbocycles. The molecule has 0 bridgehead atoms. The van der Waals surface area contributed by atoms with E-state index in [0.29, 0.717) is 0 Å². The molecule has 4 nitrogen and oxygen atoms in total. The fraction of sp³-hybridized carbons (Fsp3) is 0.833. The van der Waals surface area contributed by atoms with E-state index in [1.165, 1.54) is 6.92 Å². The van der Waals surface area contributed by atoms with Gasteiger partial charge in [-0.2, -0.15) is 0 Å². The number of rotatable bonds is 4. The lowest BCUT2D eigenvalue weighted by Crippen LogP contribution is -2.42. The summed E-state index contributed by atoms with van der Waals surface area (Å²) in [6, 6.07) is 0. The zero-order valence-corrected chi connectivity index (χ0v) is 6.95. The number of hydrogen-bond acceptors (Lipinski definition) is 5. The maximum Gasteiger partial charge on any atom is 0.113 e. The maximum absolute atomic E-state index is 9.03. The molecule has 0 heterocycles. The van der Waals surface area contributed by atoms with Crippen LogP contribution in [-0.4, -0.2) is 50.2 Å². The van der Waals surface area contributed by atoms with Crippen molar-refractivity contribution in [3.63, 3.8) is 0 Å². The van der Waals surface area contributed by atoms with Crippen molar-refractivity contribution in [1.82, 2.24) is 0 Å². The smallest absolute Gasteiger partial charge is 0.113 e. The number of aliphatic hydroxyl groups is 4. The molecule has 0 spiro atoms. The molecule has 0 aromatic heterocycles. The van der Waals surface area contributed by atoms with Crippen molar-refractivity contribution in [3.8, 4) is 0 Å². The van der Waals surface area contributed by atoms with Crippen LogP contribution in [0.1, 0.15) is 6.92 Å². The lowest BCUT2D eigenvalue weighted by atomic mass is 10.1. The number of aliphatic hydroxyl groups excluding tert-OH is 4. The summed E-state index contributed by atoms with van der Waals surface area (Å²) in [5.41, 5.74) is 0. The Kier molecular flexibility index (Phi) is 4.71. The van der Waals surface area contributed by atoms with Gasteiger partial charge < -0.3 is 20.4 Å². The third-order valence-electron chi connectivity index (χ3n) is 1.32. The van der Waals surface area contributed by atoms with Crippen molar-refractivity contribution in [1.29, 1.82) is 0 Å². The summed E-state index contributed by atoms with van der Waals surface area (Å²) >= 11 is 4.56. The van der Waals surface area contributed by atoms with Crippen LogP contribution in [-0.2, 0) is 0 Å². The van der Waals surface area contributed by atoms with Gasteiger partial charge in [-0.1, -0.05) is 12.2 Å². The van der Waals surface area contributed by atoms with Crippen LogP contribution in [0.4, 0.5) is 0 Å². The minimum absolute atomic E-state index is 0.185. The second-order valence-electron chi connectivity index (χ2n) is 2.30. The summed E-state index contributed by atoms with van der Waals surface area (Å²) in [7, 11) is 0. The Hall–Kier alpha value is -0.0700. The predicted octanol–water partition coefficient (Wildman–Crippen LogP) is -1.55. The Balaban J connectivity index is 4.00. The van der Waals surface area contributed by atoms with E-state index in [1.807, 2.05) is 0 Å². The highest BCUT2D eigenvalue weighted by Crippen LogP contribution is 2.01. The van der Waals surface area contributed by atoms with E-state index in [9.17, 15) is 0 Å². The van der Waals surface area contributed by atoms with Gasteiger partial charge >= 0.3 is 0 Å². The first-order chi connectivity index (χ1) is 5.00. The van der Waals surface area contributed by atoms with Gasteiger partial charge in [-0.15, -0.1) is 0 Å². The highest BCUT2D eigenvalue weighted by Gasteiger charge is 2.24. The first kappa shape index (κ1) is 10.9. The van der Waals surface area contributed by atoms with E-state index in [-0.39, 0.29) is 4.86 Å². The molecule has 11 heavy (non-hydrogen) atoms. The van der Waals surface area contributed by atoms with Gasteiger partial charge in [0.05, 0.1) is 6.61 Å². The predicted molar refractivity (Wildman–Crippen MR) is 43.4 cm³/mol. The Morgan fingerprint density at radius 2 is 1.82 bits per heavy atom. The van der Waals surface area contributed by atoms with Gasteiger partial charge in [-0.05, 0) is 6.92 Å². The minimum atomic E-state index is -1.41. The normalized spacial score (nSPS) is 19.0. The van der Waals surface area contributed by atoms with Crippen LogP contribution < -0.4 is 0 Å². The van der Waals surface area contributed by atoms with Crippen molar-refractivity contribution in [2.45, 2.75) is 25.2 Å². The molecular weight excluding hydrogens is 168 g/mol. The Morgan fingerprint density at radius 1 is 1.36 bits per heavy atom. The van der Waals surface area contributed by atoms with Gasteiger partial charge in [0, 0.05) is 4.86 Å². The molecule has 0 rings (SSSR count). The molecule has 0 aliphatic heterocycles. The van der Waals surface area contributed by atoms with E-state index < -0.39 is 24.9 Å². The summed E-state index contributed by atoms with van der Waals surface area (Å²) in [6.45, 7) is 0.855. The lowest BCUT2D eigenvalue weighted by molar-refractivity contribution is -0.0549. The summed E-state index contributed by atoms with van der Waals surface area (Å²) in [6.07, 6.45) is -4.01. The topological polar surface area (TPSA) is 80.9 Å². The van der Waals surface area contributed by atoms with Gasteiger partial charge in [0.1, 0.15) is 18.3 Å². The highest BCUT2D eigenvalue weighted by atomic mass is 32.1. The summed E-state index contributed by atoms with van der Waals surface area (Å²) in [5, 5.41) is 35.2. The summed E-state index contributed by atoms with van der Waals surface area (Å²) < 4.78 is 0. The monoisotopic (exact) mass is 180 g/mol. The van der Waals surface area contributed by atoms with Gasteiger partial charge in [-0.25, -0.2) is 0 Å². The molecule has 0 unspecified atom stereocenters. The average molecular weight is 180 g/mol. The second-order valence-corrected chi connectivity index (χ2v) is 2.94. The van der Waals surface area contributed by atoms with Crippen LogP contribution in [0.3, 0.4) is 0 Å². The van der Waals surface area contributed by atoms with Crippen molar-refractivity contribution in [2.24, 2.45) is 0 Å².